The highest BCUT2D eigenvalue weighted by molar-refractivity contribution is 7.99. The smallest absolute Gasteiger partial charge is 0.137 e. The van der Waals surface area contributed by atoms with Crippen molar-refractivity contribution in [2.75, 3.05) is 12.4 Å². The van der Waals surface area contributed by atoms with Gasteiger partial charge in [0, 0.05) is 16.8 Å². The van der Waals surface area contributed by atoms with Crippen molar-refractivity contribution in [3.63, 3.8) is 0 Å². The van der Waals surface area contributed by atoms with Gasteiger partial charge in [-0.25, -0.2) is 0 Å². The Labute approximate surface area is 130 Å². The number of aromatic nitrogens is 1. The van der Waals surface area contributed by atoms with Crippen LogP contribution in [-0.2, 0) is 0 Å². The number of hydrogen-bond donors (Lipinski definition) is 2. The SMILES string of the molecule is CCOc1cncc(C(CSc2ccc(C)cc2)NN)c1. The van der Waals surface area contributed by atoms with E-state index >= 15 is 0 Å². The molecule has 112 valence electrons. The zero-order valence-corrected chi connectivity index (χ0v) is 13.2. The molecular formula is C16H21N3OS. The summed E-state index contributed by atoms with van der Waals surface area (Å²) >= 11 is 1.76. The van der Waals surface area contributed by atoms with E-state index in [0.717, 1.165) is 17.1 Å². The Kier molecular flexibility index (Phi) is 6.04. The van der Waals surface area contributed by atoms with E-state index in [1.807, 2.05) is 19.2 Å². The highest BCUT2D eigenvalue weighted by atomic mass is 32.2. The van der Waals surface area contributed by atoms with Crippen LogP contribution in [0.3, 0.4) is 0 Å². The predicted octanol–water partition coefficient (Wildman–Crippen LogP) is 3.09. The van der Waals surface area contributed by atoms with E-state index in [1.54, 1.807) is 18.0 Å². The van der Waals surface area contributed by atoms with Gasteiger partial charge in [-0.2, -0.15) is 0 Å². The highest BCUT2D eigenvalue weighted by Crippen LogP contribution is 2.25. The standard InChI is InChI=1S/C16H21N3OS/c1-3-20-14-8-13(9-18-10-14)16(19-17)11-21-15-6-4-12(2)5-7-15/h4-10,16,19H,3,11,17H2,1-2H3. The average molecular weight is 303 g/mol. The molecule has 0 saturated heterocycles. The lowest BCUT2D eigenvalue weighted by Gasteiger charge is -2.16. The Morgan fingerprint density at radius 3 is 2.71 bits per heavy atom. The first-order valence-electron chi connectivity index (χ1n) is 6.96. The molecular weight excluding hydrogens is 282 g/mol. The second-order valence-corrected chi connectivity index (χ2v) is 5.82. The van der Waals surface area contributed by atoms with Crippen molar-refractivity contribution in [1.29, 1.82) is 0 Å². The molecule has 2 rings (SSSR count). The highest BCUT2D eigenvalue weighted by Gasteiger charge is 2.11. The molecule has 0 spiro atoms. The van der Waals surface area contributed by atoms with Gasteiger partial charge in [0.25, 0.3) is 0 Å². The van der Waals surface area contributed by atoms with Gasteiger partial charge >= 0.3 is 0 Å². The number of hydrogen-bond acceptors (Lipinski definition) is 5. The third-order valence-corrected chi connectivity index (χ3v) is 4.19. The first-order valence-corrected chi connectivity index (χ1v) is 7.95. The van der Waals surface area contributed by atoms with E-state index < -0.39 is 0 Å². The summed E-state index contributed by atoms with van der Waals surface area (Å²) in [6.07, 6.45) is 3.54. The summed E-state index contributed by atoms with van der Waals surface area (Å²) in [5.41, 5.74) is 5.15. The van der Waals surface area contributed by atoms with Crippen molar-refractivity contribution in [2.45, 2.75) is 24.8 Å². The summed E-state index contributed by atoms with van der Waals surface area (Å²) in [5.74, 6) is 7.29. The molecule has 0 fully saturated rings. The molecule has 4 nitrogen and oxygen atoms in total. The van der Waals surface area contributed by atoms with Crippen molar-refractivity contribution in [3.8, 4) is 5.75 Å². The Morgan fingerprint density at radius 1 is 1.29 bits per heavy atom. The van der Waals surface area contributed by atoms with Gasteiger partial charge < -0.3 is 4.74 Å². The Balaban J connectivity index is 2.02. The molecule has 5 heteroatoms. The number of nitrogens with zero attached hydrogens (tertiary/aromatic N) is 1. The zero-order chi connectivity index (χ0) is 15.1. The van der Waals surface area contributed by atoms with Gasteiger partial charge in [0.15, 0.2) is 0 Å². The van der Waals surface area contributed by atoms with Crippen molar-refractivity contribution in [1.82, 2.24) is 10.4 Å². The van der Waals surface area contributed by atoms with Gasteiger partial charge in [-0.05, 0) is 37.6 Å². The molecule has 3 N–H and O–H groups in total. The normalized spacial score (nSPS) is 12.1. The van der Waals surface area contributed by atoms with Crippen LogP contribution in [0.2, 0.25) is 0 Å². The fourth-order valence-corrected chi connectivity index (χ4v) is 2.90. The lowest BCUT2D eigenvalue weighted by atomic mass is 10.1. The largest absolute Gasteiger partial charge is 0.492 e. The van der Waals surface area contributed by atoms with Crippen LogP contribution in [-0.4, -0.2) is 17.3 Å². The van der Waals surface area contributed by atoms with Crippen LogP contribution in [0.4, 0.5) is 0 Å². The minimum atomic E-state index is 0.0317. The van der Waals surface area contributed by atoms with Crippen molar-refractivity contribution < 1.29 is 4.74 Å². The monoisotopic (exact) mass is 303 g/mol. The van der Waals surface area contributed by atoms with Crippen LogP contribution in [0.1, 0.15) is 24.1 Å². The molecule has 1 aromatic heterocycles. The van der Waals surface area contributed by atoms with Gasteiger partial charge in [0.2, 0.25) is 0 Å². The van der Waals surface area contributed by atoms with E-state index in [-0.39, 0.29) is 6.04 Å². The maximum absolute atomic E-state index is 5.69. The molecule has 0 aliphatic rings. The number of thioether (sulfide) groups is 1. The molecule has 1 heterocycles. The number of nitrogens with one attached hydrogen (secondary N) is 1. The topological polar surface area (TPSA) is 60.2 Å². The van der Waals surface area contributed by atoms with Crippen LogP contribution in [0.5, 0.6) is 5.75 Å². The van der Waals surface area contributed by atoms with Crippen LogP contribution in [0, 0.1) is 6.92 Å². The molecule has 0 bridgehead atoms. The molecule has 0 aliphatic carbocycles. The average Bonchev–Trinajstić information content (AvgIpc) is 2.50. The van der Waals surface area contributed by atoms with Crippen LogP contribution < -0.4 is 16.0 Å². The minimum absolute atomic E-state index is 0.0317. The second kappa shape index (κ2) is 8.02. The molecule has 1 atom stereocenters. The first-order chi connectivity index (χ1) is 10.2. The maximum atomic E-state index is 5.69. The first kappa shape index (κ1) is 15.8. The van der Waals surface area contributed by atoms with Gasteiger partial charge in [-0.3, -0.25) is 16.3 Å². The Bertz CT molecular complexity index is 560. The molecule has 0 radical (unpaired) electrons. The second-order valence-electron chi connectivity index (χ2n) is 4.73. The summed E-state index contributed by atoms with van der Waals surface area (Å²) in [7, 11) is 0. The van der Waals surface area contributed by atoms with Gasteiger partial charge in [-0.15, -0.1) is 11.8 Å². The molecule has 21 heavy (non-hydrogen) atoms. The molecule has 1 aromatic carbocycles. The molecule has 0 saturated carbocycles. The van der Waals surface area contributed by atoms with E-state index in [1.165, 1.54) is 10.5 Å². The number of rotatable bonds is 7. The van der Waals surface area contributed by atoms with Gasteiger partial charge in [-0.1, -0.05) is 17.7 Å². The number of benzene rings is 1. The summed E-state index contributed by atoms with van der Waals surface area (Å²) in [4.78, 5) is 5.44. The number of nitrogens with two attached hydrogens (primary N) is 1. The van der Waals surface area contributed by atoms with Gasteiger partial charge in [0.05, 0.1) is 18.8 Å². The maximum Gasteiger partial charge on any atom is 0.137 e. The lowest BCUT2D eigenvalue weighted by molar-refractivity contribution is 0.338. The van der Waals surface area contributed by atoms with Crippen LogP contribution in [0.25, 0.3) is 0 Å². The number of hydrazine groups is 1. The van der Waals surface area contributed by atoms with Crippen molar-refractivity contribution >= 4 is 11.8 Å². The van der Waals surface area contributed by atoms with E-state index in [2.05, 4.69) is 41.6 Å². The summed E-state index contributed by atoms with van der Waals surface area (Å²) in [6.45, 7) is 4.67. The third kappa shape index (κ3) is 4.74. The Morgan fingerprint density at radius 2 is 2.05 bits per heavy atom. The van der Waals surface area contributed by atoms with Crippen molar-refractivity contribution in [3.05, 3.63) is 53.9 Å². The molecule has 0 amide bonds. The van der Waals surface area contributed by atoms with Gasteiger partial charge in [0.1, 0.15) is 5.75 Å². The summed E-state index contributed by atoms with van der Waals surface area (Å²) < 4.78 is 5.48. The molecule has 0 aliphatic heterocycles. The van der Waals surface area contributed by atoms with E-state index in [4.69, 9.17) is 10.6 Å². The zero-order valence-electron chi connectivity index (χ0n) is 12.4. The quantitative estimate of drug-likeness (QED) is 0.467. The molecule has 1 unspecified atom stereocenters. The minimum Gasteiger partial charge on any atom is -0.492 e. The fourth-order valence-electron chi connectivity index (χ4n) is 1.93. The number of pyridine rings is 1. The fraction of sp³-hybridized carbons (Fsp3) is 0.312. The third-order valence-electron chi connectivity index (χ3n) is 3.09. The van der Waals surface area contributed by atoms with E-state index in [0.29, 0.717) is 6.61 Å². The Hall–Kier alpha value is -1.56. The number of aryl methyl sites for hydroxylation is 1. The van der Waals surface area contributed by atoms with E-state index in [9.17, 15) is 0 Å². The van der Waals surface area contributed by atoms with Crippen molar-refractivity contribution in [2.24, 2.45) is 5.84 Å². The summed E-state index contributed by atoms with van der Waals surface area (Å²) in [6, 6.07) is 10.5. The van der Waals surface area contributed by atoms with Crippen LogP contribution in [0.15, 0.2) is 47.6 Å². The number of ether oxygens (including phenoxy) is 1. The summed E-state index contributed by atoms with van der Waals surface area (Å²) in [5, 5.41) is 0. The van der Waals surface area contributed by atoms with Crippen LogP contribution >= 0.6 is 11.8 Å². The lowest BCUT2D eigenvalue weighted by Crippen LogP contribution is -2.29. The molecule has 2 aromatic rings. The predicted molar refractivity (Wildman–Crippen MR) is 87.4 cm³/mol.